The van der Waals surface area contributed by atoms with Crippen molar-refractivity contribution in [1.82, 2.24) is 24.2 Å². The zero-order chi connectivity index (χ0) is 28.8. The third kappa shape index (κ3) is 6.15. The lowest BCUT2D eigenvalue weighted by Gasteiger charge is -2.38. The number of rotatable bonds is 8. The number of carbonyl (C=O) groups excluding carboxylic acids is 1. The molecular weight excluding hydrogens is 531 g/mol. The fraction of sp³-hybridized carbons (Fsp3) is 0.750. The monoisotopic (exact) mass is 570 g/mol. The van der Waals surface area contributed by atoms with E-state index in [1.165, 1.54) is 10.9 Å². The molecule has 7 nitrogen and oxygen atoms in total. The molecule has 0 saturated heterocycles. The van der Waals surface area contributed by atoms with Gasteiger partial charge in [-0.2, -0.15) is 18.3 Å². The lowest BCUT2D eigenvalue weighted by molar-refractivity contribution is -0.142. The van der Waals surface area contributed by atoms with Crippen molar-refractivity contribution in [3.05, 3.63) is 35.5 Å². The minimum Gasteiger partial charge on any atom is -0.353 e. The Labute approximate surface area is 230 Å². The first kappa shape index (κ1) is 28.9. The molecule has 3 aliphatic carbocycles. The van der Waals surface area contributed by atoms with Crippen LogP contribution in [0, 0.1) is 29.1 Å². The van der Waals surface area contributed by atoms with E-state index < -0.39 is 36.0 Å². The summed E-state index contributed by atoms with van der Waals surface area (Å²) in [6.45, 7) is 2.44. The van der Waals surface area contributed by atoms with E-state index in [2.05, 4.69) is 10.4 Å². The second-order valence-corrected chi connectivity index (χ2v) is 12.1. The third-order valence-corrected chi connectivity index (χ3v) is 9.21. The standard InChI is InChI=1S/C28H39F5N6O/c1-3-39-15-21(25(36-39)28(31,32)33)19-10-16(14-38-9-8-37(2)27(38)34)11-20(12-19)26(40)35-24(17-4-5-17)18-6-7-22(29)23(30)13-18/h8-9,15-20,22-24,34H,3-7,10-14H2,1-2H3,(H,35,40)/t16?,18?,19?,20?,22?,23?,24-/m0/s1. The van der Waals surface area contributed by atoms with Crippen LogP contribution in [0.3, 0.4) is 0 Å². The molecule has 2 N–H and O–H groups in total. The van der Waals surface area contributed by atoms with Crippen molar-refractivity contribution >= 4 is 5.91 Å². The zero-order valence-electron chi connectivity index (χ0n) is 23.0. The molecule has 0 bridgehead atoms. The highest BCUT2D eigenvalue weighted by Crippen LogP contribution is 2.45. The Hall–Kier alpha value is -2.66. The minimum atomic E-state index is -4.61. The van der Waals surface area contributed by atoms with Crippen LogP contribution in [-0.2, 0) is 31.1 Å². The number of aromatic nitrogens is 4. The Kier molecular flexibility index (Phi) is 8.16. The van der Waals surface area contributed by atoms with Crippen molar-refractivity contribution < 1.29 is 26.7 Å². The molecule has 6 unspecified atom stereocenters. The van der Waals surface area contributed by atoms with Crippen LogP contribution in [0.2, 0.25) is 0 Å². The Balaban J connectivity index is 1.39. The number of amides is 1. The maximum Gasteiger partial charge on any atom is 0.435 e. The lowest BCUT2D eigenvalue weighted by atomic mass is 9.72. The van der Waals surface area contributed by atoms with Crippen molar-refractivity contribution in [2.24, 2.45) is 30.7 Å². The molecule has 40 heavy (non-hydrogen) atoms. The van der Waals surface area contributed by atoms with Crippen LogP contribution < -0.4 is 10.9 Å². The lowest BCUT2D eigenvalue weighted by Crippen LogP contribution is -2.48. The summed E-state index contributed by atoms with van der Waals surface area (Å²) >= 11 is 0. The summed E-state index contributed by atoms with van der Waals surface area (Å²) in [4.78, 5) is 13.7. The average molecular weight is 571 g/mol. The maximum absolute atomic E-state index is 14.3. The van der Waals surface area contributed by atoms with Crippen molar-refractivity contribution in [3.63, 3.8) is 0 Å². The number of nitrogens with one attached hydrogen (secondary N) is 2. The number of halogens is 5. The van der Waals surface area contributed by atoms with Gasteiger partial charge in [0, 0.05) is 56.3 Å². The molecule has 7 atom stereocenters. The smallest absolute Gasteiger partial charge is 0.353 e. The molecule has 0 aromatic carbocycles. The number of imidazole rings is 1. The van der Waals surface area contributed by atoms with Crippen LogP contribution in [0.25, 0.3) is 0 Å². The van der Waals surface area contributed by atoms with E-state index in [1.54, 1.807) is 35.5 Å². The maximum atomic E-state index is 14.3. The first-order valence-electron chi connectivity index (χ1n) is 14.4. The first-order valence-corrected chi connectivity index (χ1v) is 14.4. The van der Waals surface area contributed by atoms with E-state index in [1.807, 2.05) is 0 Å². The molecule has 0 aliphatic heterocycles. The molecule has 2 aromatic rings. The highest BCUT2D eigenvalue weighted by molar-refractivity contribution is 5.79. The molecule has 3 saturated carbocycles. The summed E-state index contributed by atoms with van der Waals surface area (Å²) in [7, 11) is 1.75. The summed E-state index contributed by atoms with van der Waals surface area (Å²) in [5.41, 5.74) is -0.516. The van der Waals surface area contributed by atoms with Crippen molar-refractivity contribution in [3.8, 4) is 0 Å². The molecule has 3 fully saturated rings. The number of nitrogens with zero attached hydrogens (tertiary/aromatic N) is 4. The Morgan fingerprint density at radius 3 is 2.40 bits per heavy atom. The van der Waals surface area contributed by atoms with E-state index in [4.69, 9.17) is 5.41 Å². The van der Waals surface area contributed by atoms with Gasteiger partial charge in [0.1, 0.15) is 12.3 Å². The molecule has 1 amide bonds. The Bertz CT molecular complexity index is 1250. The SMILES string of the molecule is CCn1cc(C2CC(Cn3ccn(C)c3=N)CC(C(=O)N[C@@H](C3CC3)C3CCC(F)C(F)C3)C2)c(C(F)(F)F)n1. The largest absolute Gasteiger partial charge is 0.435 e. The molecule has 0 radical (unpaired) electrons. The van der Waals surface area contributed by atoms with Gasteiger partial charge in [-0.3, -0.25) is 14.9 Å². The molecular formula is C28H39F5N6O. The minimum absolute atomic E-state index is 0.0839. The summed E-state index contributed by atoms with van der Waals surface area (Å²) in [6.07, 6.45) is 1.16. The normalized spacial score (nSPS) is 30.3. The summed E-state index contributed by atoms with van der Waals surface area (Å²) in [5.74, 6) is -1.31. The number of alkyl halides is 5. The molecule has 2 aromatic heterocycles. The number of aryl methyl sites for hydroxylation is 2. The van der Waals surface area contributed by atoms with E-state index in [9.17, 15) is 26.7 Å². The first-order chi connectivity index (χ1) is 18.9. The van der Waals surface area contributed by atoms with Gasteiger partial charge in [0.15, 0.2) is 5.69 Å². The Morgan fingerprint density at radius 1 is 1.07 bits per heavy atom. The van der Waals surface area contributed by atoms with Gasteiger partial charge < -0.3 is 14.5 Å². The van der Waals surface area contributed by atoms with Crippen molar-refractivity contribution in [2.75, 3.05) is 0 Å². The molecule has 12 heteroatoms. The van der Waals surface area contributed by atoms with Gasteiger partial charge in [0.05, 0.1) is 0 Å². The second kappa shape index (κ2) is 11.3. The molecule has 3 aliphatic rings. The molecule has 222 valence electrons. The zero-order valence-corrected chi connectivity index (χ0v) is 23.0. The summed E-state index contributed by atoms with van der Waals surface area (Å²) in [6, 6.07) is -0.242. The van der Waals surface area contributed by atoms with Crippen LogP contribution in [0.4, 0.5) is 22.0 Å². The highest BCUT2D eigenvalue weighted by atomic mass is 19.4. The van der Waals surface area contributed by atoms with Crippen LogP contribution in [0.5, 0.6) is 0 Å². The van der Waals surface area contributed by atoms with Crippen LogP contribution in [0.1, 0.15) is 75.5 Å². The van der Waals surface area contributed by atoms with Crippen LogP contribution >= 0.6 is 0 Å². The summed E-state index contributed by atoms with van der Waals surface area (Å²) < 4.78 is 74.8. The topological polar surface area (TPSA) is 80.6 Å². The van der Waals surface area contributed by atoms with Gasteiger partial charge in [-0.15, -0.1) is 0 Å². The number of carbonyl (C=O) groups is 1. The van der Waals surface area contributed by atoms with Crippen molar-refractivity contribution in [2.45, 2.75) is 102 Å². The van der Waals surface area contributed by atoms with E-state index in [0.29, 0.717) is 32.4 Å². The predicted octanol–water partition coefficient (Wildman–Crippen LogP) is 5.11. The summed E-state index contributed by atoms with van der Waals surface area (Å²) in [5, 5.41) is 15.3. The van der Waals surface area contributed by atoms with Gasteiger partial charge in [0.25, 0.3) is 0 Å². The fourth-order valence-corrected chi connectivity index (χ4v) is 6.91. The fourth-order valence-electron chi connectivity index (χ4n) is 6.91. The van der Waals surface area contributed by atoms with E-state index in [0.717, 1.165) is 12.8 Å². The van der Waals surface area contributed by atoms with Gasteiger partial charge in [-0.05, 0) is 82.0 Å². The van der Waals surface area contributed by atoms with Crippen LogP contribution in [0.15, 0.2) is 18.6 Å². The van der Waals surface area contributed by atoms with Gasteiger partial charge in [-0.25, -0.2) is 8.78 Å². The highest BCUT2D eigenvalue weighted by Gasteiger charge is 2.45. The van der Waals surface area contributed by atoms with Gasteiger partial charge in [-0.1, -0.05) is 0 Å². The Morgan fingerprint density at radius 2 is 1.80 bits per heavy atom. The predicted molar refractivity (Wildman–Crippen MR) is 138 cm³/mol. The molecule has 0 spiro atoms. The third-order valence-electron chi connectivity index (χ3n) is 9.21. The quantitative estimate of drug-likeness (QED) is 0.433. The number of hydrogen-bond donors (Lipinski definition) is 2. The number of hydrogen-bond acceptors (Lipinski definition) is 3. The van der Waals surface area contributed by atoms with Crippen LogP contribution in [-0.4, -0.2) is 43.2 Å². The second-order valence-electron chi connectivity index (χ2n) is 12.1. The van der Waals surface area contributed by atoms with Crippen molar-refractivity contribution in [1.29, 1.82) is 5.41 Å². The molecule has 2 heterocycles. The molecule has 5 rings (SSSR count). The van der Waals surface area contributed by atoms with E-state index in [-0.39, 0.29) is 60.1 Å². The van der Waals surface area contributed by atoms with Gasteiger partial charge in [0.2, 0.25) is 11.5 Å². The average Bonchev–Trinajstić information content (AvgIpc) is 3.57. The van der Waals surface area contributed by atoms with E-state index >= 15 is 0 Å². The van der Waals surface area contributed by atoms with Gasteiger partial charge >= 0.3 is 6.18 Å².